The van der Waals surface area contributed by atoms with E-state index in [0.717, 1.165) is 18.4 Å². The van der Waals surface area contributed by atoms with Crippen LogP contribution in [0.5, 0.6) is 0 Å². The van der Waals surface area contributed by atoms with Crippen molar-refractivity contribution < 1.29 is 19.4 Å². The van der Waals surface area contributed by atoms with Crippen LogP contribution in [-0.4, -0.2) is 29.8 Å². The minimum atomic E-state index is -1.03. The Bertz CT molecular complexity index is 483. The van der Waals surface area contributed by atoms with Crippen LogP contribution in [0.25, 0.3) is 0 Å². The van der Waals surface area contributed by atoms with Gasteiger partial charge in [0.2, 0.25) is 0 Å². The summed E-state index contributed by atoms with van der Waals surface area (Å²) in [5, 5.41) is 11.7. The first-order valence-corrected chi connectivity index (χ1v) is 7.85. The number of alkyl carbamates (subject to hydrolysis) is 1. The van der Waals surface area contributed by atoms with E-state index in [0.29, 0.717) is 25.4 Å². The predicted octanol–water partition coefficient (Wildman–Crippen LogP) is 2.99. The number of aryl methyl sites for hydroxylation is 1. The Morgan fingerprint density at radius 2 is 1.91 bits per heavy atom. The zero-order chi connectivity index (χ0) is 15.8. The second kappa shape index (κ2) is 8.41. The van der Waals surface area contributed by atoms with Crippen molar-refractivity contribution in [1.29, 1.82) is 0 Å². The van der Waals surface area contributed by atoms with Gasteiger partial charge in [-0.05, 0) is 37.2 Å². The first kappa shape index (κ1) is 16.3. The molecule has 1 fully saturated rings. The second-order valence-electron chi connectivity index (χ2n) is 5.81. The van der Waals surface area contributed by atoms with Crippen molar-refractivity contribution >= 4 is 12.1 Å². The summed E-state index contributed by atoms with van der Waals surface area (Å²) in [7, 11) is 0. The standard InChI is InChI=1S/C17H23NO4/c19-16(20)15(11-10-13-6-2-1-3-7-13)18-17(21)22-12-14-8-4-5-9-14/h1-3,6-7,14-15H,4-5,8-12H2,(H,18,21)(H,19,20)/t15-/m1/s1. The summed E-state index contributed by atoms with van der Waals surface area (Å²) in [6, 6.07) is 8.70. The number of nitrogens with one attached hydrogen (secondary N) is 1. The largest absolute Gasteiger partial charge is 0.480 e. The van der Waals surface area contributed by atoms with Crippen LogP contribution in [0.15, 0.2) is 30.3 Å². The monoisotopic (exact) mass is 305 g/mol. The maximum absolute atomic E-state index is 11.7. The van der Waals surface area contributed by atoms with Crippen LogP contribution < -0.4 is 5.32 Å². The topological polar surface area (TPSA) is 75.6 Å². The number of carboxylic acids is 1. The average Bonchev–Trinajstić information content (AvgIpc) is 3.03. The number of rotatable bonds is 7. The van der Waals surface area contributed by atoms with Gasteiger partial charge in [0.25, 0.3) is 0 Å². The van der Waals surface area contributed by atoms with Crippen molar-refractivity contribution in [2.45, 2.75) is 44.6 Å². The Kier molecular flexibility index (Phi) is 6.25. The Labute approximate surface area is 130 Å². The number of carbonyl (C=O) groups excluding carboxylic acids is 1. The number of hydrogen-bond acceptors (Lipinski definition) is 3. The lowest BCUT2D eigenvalue weighted by atomic mass is 10.1. The molecule has 0 radical (unpaired) electrons. The molecule has 0 heterocycles. The van der Waals surface area contributed by atoms with E-state index in [2.05, 4.69) is 5.32 Å². The molecule has 1 aromatic carbocycles. The van der Waals surface area contributed by atoms with Crippen molar-refractivity contribution in [2.24, 2.45) is 5.92 Å². The van der Waals surface area contributed by atoms with Gasteiger partial charge >= 0.3 is 12.1 Å². The summed E-state index contributed by atoms with van der Waals surface area (Å²) in [5.74, 6) is -0.605. The fourth-order valence-corrected chi connectivity index (χ4v) is 2.77. The molecule has 0 bridgehead atoms. The molecule has 0 spiro atoms. The Balaban J connectivity index is 1.75. The highest BCUT2D eigenvalue weighted by molar-refractivity contribution is 5.79. The van der Waals surface area contributed by atoms with Crippen molar-refractivity contribution in [3.05, 3.63) is 35.9 Å². The van der Waals surface area contributed by atoms with Crippen LogP contribution in [0.2, 0.25) is 0 Å². The zero-order valence-corrected chi connectivity index (χ0v) is 12.7. The van der Waals surface area contributed by atoms with E-state index in [4.69, 9.17) is 4.74 Å². The lowest BCUT2D eigenvalue weighted by molar-refractivity contribution is -0.139. The molecule has 0 unspecified atom stereocenters. The fourth-order valence-electron chi connectivity index (χ4n) is 2.77. The van der Waals surface area contributed by atoms with Gasteiger partial charge in [0, 0.05) is 0 Å². The Morgan fingerprint density at radius 1 is 1.23 bits per heavy atom. The van der Waals surface area contributed by atoms with Gasteiger partial charge in [0.1, 0.15) is 6.04 Å². The van der Waals surface area contributed by atoms with E-state index in [9.17, 15) is 14.7 Å². The molecule has 1 aliphatic carbocycles. The average molecular weight is 305 g/mol. The van der Waals surface area contributed by atoms with E-state index in [1.165, 1.54) is 12.8 Å². The number of carboxylic acid groups (broad SMARTS) is 1. The minimum Gasteiger partial charge on any atom is -0.480 e. The molecule has 1 atom stereocenters. The molecule has 1 aliphatic rings. The molecule has 120 valence electrons. The lowest BCUT2D eigenvalue weighted by Gasteiger charge is -2.16. The molecule has 2 rings (SSSR count). The molecule has 22 heavy (non-hydrogen) atoms. The lowest BCUT2D eigenvalue weighted by Crippen LogP contribution is -2.41. The van der Waals surface area contributed by atoms with Crippen LogP contribution in [0.3, 0.4) is 0 Å². The van der Waals surface area contributed by atoms with Crippen LogP contribution in [-0.2, 0) is 16.0 Å². The maximum Gasteiger partial charge on any atom is 0.407 e. The third kappa shape index (κ3) is 5.39. The summed E-state index contributed by atoms with van der Waals surface area (Å²) in [6.45, 7) is 0.386. The number of amides is 1. The molecule has 1 saturated carbocycles. The van der Waals surface area contributed by atoms with Gasteiger partial charge in [0.05, 0.1) is 6.61 Å². The van der Waals surface area contributed by atoms with E-state index in [1.54, 1.807) is 0 Å². The van der Waals surface area contributed by atoms with Crippen molar-refractivity contribution in [3.8, 4) is 0 Å². The van der Waals surface area contributed by atoms with Crippen molar-refractivity contribution in [3.63, 3.8) is 0 Å². The predicted molar refractivity (Wildman–Crippen MR) is 82.6 cm³/mol. The Morgan fingerprint density at radius 3 is 2.55 bits per heavy atom. The van der Waals surface area contributed by atoms with Crippen LogP contribution in [0.4, 0.5) is 4.79 Å². The molecule has 0 aromatic heterocycles. The zero-order valence-electron chi connectivity index (χ0n) is 12.7. The summed E-state index contributed by atoms with van der Waals surface area (Å²) in [6.07, 6.45) is 4.85. The van der Waals surface area contributed by atoms with Gasteiger partial charge in [-0.15, -0.1) is 0 Å². The quantitative estimate of drug-likeness (QED) is 0.812. The number of aliphatic carboxylic acids is 1. The van der Waals surface area contributed by atoms with Crippen molar-refractivity contribution in [1.82, 2.24) is 5.32 Å². The first-order valence-electron chi connectivity index (χ1n) is 7.85. The van der Waals surface area contributed by atoms with E-state index in [1.807, 2.05) is 30.3 Å². The molecule has 0 aliphatic heterocycles. The Hall–Kier alpha value is -2.04. The molecule has 0 saturated heterocycles. The molecule has 2 N–H and O–H groups in total. The molecular formula is C17H23NO4. The SMILES string of the molecule is O=C(N[C@H](CCc1ccccc1)C(=O)O)OCC1CCCC1. The van der Waals surface area contributed by atoms with Gasteiger partial charge in [-0.25, -0.2) is 9.59 Å². The summed E-state index contributed by atoms with van der Waals surface area (Å²) >= 11 is 0. The summed E-state index contributed by atoms with van der Waals surface area (Å²) in [4.78, 5) is 23.0. The minimum absolute atomic E-state index is 0.345. The number of hydrogen-bond donors (Lipinski definition) is 2. The highest BCUT2D eigenvalue weighted by Crippen LogP contribution is 2.24. The third-order valence-electron chi connectivity index (χ3n) is 4.08. The number of carbonyl (C=O) groups is 2. The molecule has 5 heteroatoms. The van der Waals surface area contributed by atoms with Crippen LogP contribution in [0, 0.1) is 5.92 Å². The molecule has 1 aromatic rings. The van der Waals surface area contributed by atoms with Gasteiger partial charge in [0.15, 0.2) is 0 Å². The van der Waals surface area contributed by atoms with E-state index in [-0.39, 0.29) is 0 Å². The van der Waals surface area contributed by atoms with Gasteiger partial charge in [-0.2, -0.15) is 0 Å². The molecule has 1 amide bonds. The maximum atomic E-state index is 11.7. The highest BCUT2D eigenvalue weighted by Gasteiger charge is 2.22. The van der Waals surface area contributed by atoms with Gasteiger partial charge in [-0.1, -0.05) is 43.2 Å². The van der Waals surface area contributed by atoms with E-state index < -0.39 is 18.1 Å². The summed E-state index contributed by atoms with van der Waals surface area (Å²) in [5.41, 5.74) is 1.05. The highest BCUT2D eigenvalue weighted by atomic mass is 16.5. The van der Waals surface area contributed by atoms with Crippen LogP contribution in [0.1, 0.15) is 37.7 Å². The number of benzene rings is 1. The molecule has 5 nitrogen and oxygen atoms in total. The smallest absolute Gasteiger partial charge is 0.407 e. The van der Waals surface area contributed by atoms with Gasteiger partial charge in [-0.3, -0.25) is 0 Å². The summed E-state index contributed by atoms with van der Waals surface area (Å²) < 4.78 is 5.15. The molecular weight excluding hydrogens is 282 g/mol. The van der Waals surface area contributed by atoms with E-state index >= 15 is 0 Å². The fraction of sp³-hybridized carbons (Fsp3) is 0.529. The number of ether oxygens (including phenoxy) is 1. The van der Waals surface area contributed by atoms with Crippen molar-refractivity contribution in [2.75, 3.05) is 6.61 Å². The normalized spacial score (nSPS) is 16.2. The first-order chi connectivity index (χ1) is 10.6. The third-order valence-corrected chi connectivity index (χ3v) is 4.08. The second-order valence-corrected chi connectivity index (χ2v) is 5.81. The van der Waals surface area contributed by atoms with Gasteiger partial charge < -0.3 is 15.2 Å². The van der Waals surface area contributed by atoms with Crippen LogP contribution >= 0.6 is 0 Å².